The molecule has 4 saturated heterocycles. The number of fused-ring (bicyclic) bond motifs is 7. The van der Waals surface area contributed by atoms with E-state index in [4.69, 9.17) is 29.4 Å². The first-order chi connectivity index (χ1) is 40.2. The summed E-state index contributed by atoms with van der Waals surface area (Å²) in [5, 5.41) is 17.0. The van der Waals surface area contributed by atoms with Crippen LogP contribution in [0.5, 0.6) is 12.0 Å². The molecule has 11 aromatic rings. The number of rotatable bonds is 15. The van der Waals surface area contributed by atoms with Crippen LogP contribution in [0.4, 0.5) is 29.2 Å². The molecule has 4 N–H and O–H groups in total. The third-order valence-electron chi connectivity index (χ3n) is 17.7. The molecule has 0 radical (unpaired) electrons. The molecule has 15 rings (SSSR count). The van der Waals surface area contributed by atoms with E-state index in [1.807, 2.05) is 36.5 Å². The van der Waals surface area contributed by atoms with E-state index in [0.717, 1.165) is 98.7 Å². The third kappa shape index (κ3) is 8.39. The van der Waals surface area contributed by atoms with Gasteiger partial charge in [0.1, 0.15) is 64.6 Å². The Labute approximate surface area is 466 Å². The molecular formula is C62H54F4N14O2. The Morgan fingerprint density at radius 3 is 1.98 bits per heavy atom. The van der Waals surface area contributed by atoms with Gasteiger partial charge in [0, 0.05) is 83.0 Å². The van der Waals surface area contributed by atoms with E-state index in [1.54, 1.807) is 61.2 Å². The second-order valence-corrected chi connectivity index (χ2v) is 22.2. The minimum absolute atomic E-state index is 0.00723. The zero-order valence-electron chi connectivity index (χ0n) is 44.5. The molecule has 0 amide bonds. The number of hydrogen-bond donors (Lipinski definition) is 4. The number of benzene rings is 4. The van der Waals surface area contributed by atoms with Crippen LogP contribution >= 0.6 is 0 Å². The summed E-state index contributed by atoms with van der Waals surface area (Å²) in [7, 11) is 0. The van der Waals surface area contributed by atoms with Gasteiger partial charge >= 0.3 is 12.0 Å². The van der Waals surface area contributed by atoms with Gasteiger partial charge in [-0.1, -0.05) is 54.6 Å². The number of aromatic amines is 2. The minimum atomic E-state index is -0.742. The standard InChI is InChI=1S/C62H54F4N14O2/c63-45-14-2-9-36-8-1-11-41(48(36)45)52-50(65)54-43(31-68-52)57(70-26-35-27-73-74-28-35)77-60(76-54)82-34-62-20-7-25-80(62)47(17-21-62)39-15-16-46(64)49-40(39)10-3-12-42(49)53-51(66)55-44(32-69-53)58(72-30-37-29-71-56-38(37)13-4-22-67-56)78-59(75-55)81-33-61-18-5-23-79(61)24-6-19-61/h1-4,8-16,22,27-29,31-32,47H,5-7,17-21,23-26,30,33-34H2,(H,67,71)(H,73,74)(H,70,76,77)(H,72,75,78). The number of nitrogens with one attached hydrogen (secondary N) is 4. The van der Waals surface area contributed by atoms with Gasteiger partial charge in [0.15, 0.2) is 11.6 Å². The molecule has 2 atom stereocenters. The summed E-state index contributed by atoms with van der Waals surface area (Å²) >= 11 is 0. The second kappa shape index (κ2) is 20.0. The van der Waals surface area contributed by atoms with Crippen LogP contribution in [-0.4, -0.2) is 104 Å². The highest BCUT2D eigenvalue weighted by Gasteiger charge is 2.51. The Hall–Kier alpha value is -8.88. The lowest BCUT2D eigenvalue weighted by atomic mass is 9.92. The number of pyridine rings is 3. The van der Waals surface area contributed by atoms with Crippen molar-refractivity contribution in [3.63, 3.8) is 0 Å². The highest BCUT2D eigenvalue weighted by atomic mass is 19.1. The Morgan fingerprint density at radius 2 is 1.24 bits per heavy atom. The van der Waals surface area contributed by atoms with Crippen LogP contribution < -0.4 is 20.1 Å². The first-order valence-electron chi connectivity index (χ1n) is 28.0. The van der Waals surface area contributed by atoms with E-state index in [2.05, 4.69) is 50.6 Å². The molecule has 0 aliphatic carbocycles. The van der Waals surface area contributed by atoms with Crippen LogP contribution in [0, 0.1) is 23.3 Å². The van der Waals surface area contributed by atoms with Crippen LogP contribution in [0.1, 0.15) is 74.1 Å². The molecular weight excluding hydrogens is 1050 g/mol. The lowest BCUT2D eigenvalue weighted by molar-refractivity contribution is 0.0849. The smallest absolute Gasteiger partial charge is 0.319 e. The number of nitrogens with zero attached hydrogens (tertiary/aromatic N) is 10. The predicted octanol–water partition coefficient (Wildman–Crippen LogP) is 12.1. The van der Waals surface area contributed by atoms with Crippen molar-refractivity contribution in [3.05, 3.63) is 156 Å². The largest absolute Gasteiger partial charge is 0.461 e. The van der Waals surface area contributed by atoms with E-state index in [-0.39, 0.29) is 63.4 Å². The van der Waals surface area contributed by atoms with Gasteiger partial charge < -0.3 is 25.1 Å². The van der Waals surface area contributed by atoms with E-state index >= 15 is 17.6 Å². The fraction of sp³-hybridized carbons (Fsp3) is 0.290. The summed E-state index contributed by atoms with van der Waals surface area (Å²) in [6.07, 6.45) is 17.4. The fourth-order valence-corrected chi connectivity index (χ4v) is 13.8. The molecule has 4 fully saturated rings. The number of anilines is 2. The third-order valence-corrected chi connectivity index (χ3v) is 17.7. The highest BCUT2D eigenvalue weighted by molar-refractivity contribution is 6.02. The van der Waals surface area contributed by atoms with Gasteiger partial charge in [-0.05, 0) is 117 Å². The summed E-state index contributed by atoms with van der Waals surface area (Å²) in [5.41, 5.74) is 3.32. The number of hydrogen-bond acceptors (Lipinski definition) is 14. The van der Waals surface area contributed by atoms with Gasteiger partial charge in [0.2, 0.25) is 0 Å². The van der Waals surface area contributed by atoms with Crippen molar-refractivity contribution in [2.45, 2.75) is 81.6 Å². The number of ether oxygens (including phenoxy) is 2. The molecule has 4 aliphatic heterocycles. The van der Waals surface area contributed by atoms with Crippen LogP contribution in [-0.2, 0) is 13.1 Å². The lowest BCUT2D eigenvalue weighted by Gasteiger charge is -2.35. The quantitative estimate of drug-likeness (QED) is 0.0711. The Bertz CT molecular complexity index is 4300. The minimum Gasteiger partial charge on any atom is -0.461 e. The maximum absolute atomic E-state index is 17.7. The molecule has 7 aromatic heterocycles. The topological polar surface area (TPSA) is 184 Å². The SMILES string of the molecule is Fc1c(-c2cccc3cccc(F)c23)ncc2c(NCc3cn[nH]c3)nc(OCC34CCCN3C(c3ccc(F)c5c(-c6ncc7c(NCc8c[nH]c9ncccc89)nc(OCC89CCCN8CCC9)nc7c6F)cccc35)CC4)nc12. The summed E-state index contributed by atoms with van der Waals surface area (Å²) in [6.45, 7) is 4.01. The lowest BCUT2D eigenvalue weighted by Crippen LogP contribution is -2.44. The normalized spacial score (nSPS) is 18.8. The van der Waals surface area contributed by atoms with Gasteiger partial charge in [-0.15, -0.1) is 0 Å². The van der Waals surface area contributed by atoms with Crippen molar-refractivity contribution in [1.29, 1.82) is 0 Å². The zero-order valence-corrected chi connectivity index (χ0v) is 44.5. The maximum atomic E-state index is 17.7. The average Bonchev–Trinajstić information content (AvgIpc) is 4.54. The van der Waals surface area contributed by atoms with Crippen LogP contribution in [0.2, 0.25) is 0 Å². The Morgan fingerprint density at radius 1 is 0.598 bits per heavy atom. The van der Waals surface area contributed by atoms with E-state index in [1.165, 1.54) is 18.3 Å². The van der Waals surface area contributed by atoms with Gasteiger partial charge in [0.25, 0.3) is 0 Å². The highest BCUT2D eigenvalue weighted by Crippen LogP contribution is 2.51. The monoisotopic (exact) mass is 1100 g/mol. The molecule has 2 unspecified atom stereocenters. The Kier molecular flexibility index (Phi) is 12.2. The van der Waals surface area contributed by atoms with E-state index in [9.17, 15) is 0 Å². The molecule has 20 heteroatoms. The zero-order chi connectivity index (χ0) is 55.1. The molecule has 11 heterocycles. The van der Waals surface area contributed by atoms with Crippen LogP contribution in [0.25, 0.3) is 76.9 Å². The van der Waals surface area contributed by atoms with Gasteiger partial charge in [-0.25, -0.2) is 22.5 Å². The van der Waals surface area contributed by atoms with Crippen molar-refractivity contribution in [2.75, 3.05) is 43.5 Å². The van der Waals surface area contributed by atoms with Crippen LogP contribution in [0.15, 0.2) is 116 Å². The van der Waals surface area contributed by atoms with Gasteiger partial charge in [0.05, 0.1) is 28.0 Å². The molecule has 4 aromatic carbocycles. The van der Waals surface area contributed by atoms with E-state index in [0.29, 0.717) is 64.0 Å². The van der Waals surface area contributed by atoms with Crippen molar-refractivity contribution in [1.82, 2.24) is 59.9 Å². The van der Waals surface area contributed by atoms with Crippen molar-refractivity contribution in [3.8, 4) is 34.5 Å². The van der Waals surface area contributed by atoms with Gasteiger partial charge in [-0.2, -0.15) is 25.0 Å². The molecule has 0 bridgehead atoms. The molecule has 4 aliphatic rings. The molecule has 82 heavy (non-hydrogen) atoms. The number of halogens is 4. The van der Waals surface area contributed by atoms with Crippen LogP contribution in [0.3, 0.4) is 0 Å². The average molecular weight is 1100 g/mol. The molecule has 0 saturated carbocycles. The maximum Gasteiger partial charge on any atom is 0.319 e. The first kappa shape index (κ1) is 50.1. The van der Waals surface area contributed by atoms with E-state index < -0.39 is 28.8 Å². The number of aromatic nitrogens is 10. The van der Waals surface area contributed by atoms with Gasteiger partial charge in [-0.3, -0.25) is 24.9 Å². The molecule has 0 spiro atoms. The molecule has 412 valence electrons. The Balaban J connectivity index is 0.751. The summed E-state index contributed by atoms with van der Waals surface area (Å²) in [6, 6.07) is 22.3. The second-order valence-electron chi connectivity index (χ2n) is 22.2. The van der Waals surface area contributed by atoms with Crippen molar-refractivity contribution < 1.29 is 27.0 Å². The fourth-order valence-electron chi connectivity index (χ4n) is 13.8. The number of H-pyrrole nitrogens is 2. The predicted molar refractivity (Wildman–Crippen MR) is 304 cm³/mol. The summed E-state index contributed by atoms with van der Waals surface area (Å²) in [4.78, 5) is 40.9. The van der Waals surface area contributed by atoms with Crippen molar-refractivity contribution >= 4 is 66.0 Å². The summed E-state index contributed by atoms with van der Waals surface area (Å²) in [5.74, 6) is -1.80. The first-order valence-corrected chi connectivity index (χ1v) is 28.0. The molecule has 16 nitrogen and oxygen atoms in total. The summed E-state index contributed by atoms with van der Waals surface area (Å²) < 4.78 is 79.9. The van der Waals surface area contributed by atoms with Crippen molar-refractivity contribution in [2.24, 2.45) is 0 Å².